The SMILES string of the molecule is CC(=O)C(CC(=O)O)[NH+]([O-])CI. The number of carbonyl (C=O) groups is 2. The first-order chi connectivity index (χ1) is 5.49. The molecule has 6 heteroatoms. The van der Waals surface area contributed by atoms with Crippen molar-refractivity contribution in [2.75, 3.05) is 4.55 Å². The number of nitrogens with one attached hydrogen (secondary N) is 1. The van der Waals surface area contributed by atoms with E-state index in [0.717, 1.165) is 0 Å². The van der Waals surface area contributed by atoms with E-state index >= 15 is 0 Å². The number of carboxylic acid groups (broad SMARTS) is 1. The molecule has 0 rings (SSSR count). The third-order valence-corrected chi connectivity index (χ3v) is 2.14. The van der Waals surface area contributed by atoms with Crippen LogP contribution in [0.4, 0.5) is 0 Å². The average Bonchev–Trinajstić information content (AvgIpc) is 1.98. The quantitative estimate of drug-likeness (QED) is 0.300. The van der Waals surface area contributed by atoms with Crippen LogP contribution in [0.25, 0.3) is 0 Å². The Morgan fingerprint density at radius 1 is 1.67 bits per heavy atom. The Labute approximate surface area is 83.5 Å². The van der Waals surface area contributed by atoms with Crippen molar-refractivity contribution in [2.45, 2.75) is 19.4 Å². The van der Waals surface area contributed by atoms with Crippen LogP contribution in [0.1, 0.15) is 13.3 Å². The van der Waals surface area contributed by atoms with Gasteiger partial charge in [0.25, 0.3) is 0 Å². The highest BCUT2D eigenvalue weighted by Crippen LogP contribution is 1.90. The molecule has 0 aliphatic heterocycles. The Hall–Kier alpha value is -0.210. The summed E-state index contributed by atoms with van der Waals surface area (Å²) in [5.74, 6) is -1.49. The van der Waals surface area contributed by atoms with E-state index in [1.165, 1.54) is 6.92 Å². The van der Waals surface area contributed by atoms with Crippen molar-refractivity contribution in [2.24, 2.45) is 0 Å². The van der Waals surface area contributed by atoms with E-state index in [4.69, 9.17) is 5.11 Å². The van der Waals surface area contributed by atoms with Gasteiger partial charge in [-0.1, -0.05) is 0 Å². The van der Waals surface area contributed by atoms with Crippen LogP contribution in [0.15, 0.2) is 0 Å². The predicted molar refractivity (Wildman–Crippen MR) is 49.9 cm³/mol. The molecule has 0 aromatic heterocycles. The molecule has 0 fully saturated rings. The maximum atomic E-state index is 11.0. The van der Waals surface area contributed by atoms with Crippen molar-refractivity contribution in [3.63, 3.8) is 0 Å². The fourth-order valence-corrected chi connectivity index (χ4v) is 1.28. The molecule has 2 atom stereocenters. The van der Waals surface area contributed by atoms with E-state index in [1.807, 2.05) is 22.6 Å². The second-order valence-corrected chi connectivity index (χ2v) is 3.12. The lowest BCUT2D eigenvalue weighted by molar-refractivity contribution is -0.847. The zero-order valence-corrected chi connectivity index (χ0v) is 8.70. The van der Waals surface area contributed by atoms with Gasteiger partial charge in [-0.2, -0.15) is 0 Å². The number of hydrogen-bond donors (Lipinski definition) is 2. The van der Waals surface area contributed by atoms with Gasteiger partial charge < -0.3 is 15.4 Å². The molecule has 0 saturated carbocycles. The van der Waals surface area contributed by atoms with Gasteiger partial charge in [-0.3, -0.25) is 9.59 Å². The van der Waals surface area contributed by atoms with Crippen LogP contribution in [0.2, 0.25) is 0 Å². The van der Waals surface area contributed by atoms with Crippen LogP contribution in [0.5, 0.6) is 0 Å². The van der Waals surface area contributed by atoms with Crippen molar-refractivity contribution < 1.29 is 19.8 Å². The minimum atomic E-state index is -1.12. The highest BCUT2D eigenvalue weighted by molar-refractivity contribution is 14.1. The summed E-state index contributed by atoms with van der Waals surface area (Å²) in [6.45, 7) is 1.23. The molecular weight excluding hydrogens is 277 g/mol. The zero-order valence-electron chi connectivity index (χ0n) is 6.54. The summed E-state index contributed by atoms with van der Waals surface area (Å²) in [6.07, 6.45) is -0.392. The zero-order chi connectivity index (χ0) is 9.72. The molecular formula is C6H10INO4. The summed E-state index contributed by atoms with van der Waals surface area (Å²) in [7, 11) is 0. The van der Waals surface area contributed by atoms with E-state index in [2.05, 4.69) is 0 Å². The number of hydrogen-bond acceptors (Lipinski definition) is 3. The first kappa shape index (κ1) is 11.8. The van der Waals surface area contributed by atoms with Gasteiger partial charge in [0, 0.05) is 6.92 Å². The Kier molecular flexibility index (Phi) is 5.34. The molecule has 70 valence electrons. The number of alkyl halides is 1. The van der Waals surface area contributed by atoms with Gasteiger partial charge in [0.15, 0.2) is 11.8 Å². The second kappa shape index (κ2) is 5.44. The van der Waals surface area contributed by atoms with E-state index in [0.29, 0.717) is 0 Å². The molecule has 0 saturated heterocycles. The van der Waals surface area contributed by atoms with E-state index < -0.39 is 18.4 Å². The molecule has 0 aromatic carbocycles. The number of halogens is 1. The summed E-state index contributed by atoms with van der Waals surface area (Å²) in [4.78, 5) is 21.0. The maximum Gasteiger partial charge on any atom is 0.309 e. The van der Waals surface area contributed by atoms with Crippen LogP contribution in [-0.2, 0) is 9.59 Å². The molecule has 0 aliphatic carbocycles. The van der Waals surface area contributed by atoms with Crippen molar-refractivity contribution in [1.82, 2.24) is 0 Å². The van der Waals surface area contributed by atoms with Crippen molar-refractivity contribution >= 4 is 34.3 Å². The molecule has 5 nitrogen and oxygen atoms in total. The molecule has 2 unspecified atom stereocenters. The van der Waals surface area contributed by atoms with Gasteiger partial charge in [-0.05, 0) is 22.6 Å². The minimum Gasteiger partial charge on any atom is -0.633 e. The highest BCUT2D eigenvalue weighted by Gasteiger charge is 2.23. The first-order valence-corrected chi connectivity index (χ1v) is 4.82. The van der Waals surface area contributed by atoms with Crippen LogP contribution in [0.3, 0.4) is 0 Å². The van der Waals surface area contributed by atoms with Crippen LogP contribution in [-0.4, -0.2) is 27.5 Å². The average molecular weight is 287 g/mol. The van der Waals surface area contributed by atoms with Crippen LogP contribution < -0.4 is 5.06 Å². The van der Waals surface area contributed by atoms with Crippen molar-refractivity contribution in [3.05, 3.63) is 5.21 Å². The van der Waals surface area contributed by atoms with E-state index in [-0.39, 0.29) is 15.4 Å². The summed E-state index contributed by atoms with van der Waals surface area (Å²) < 4.78 is 0.176. The molecule has 0 spiro atoms. The van der Waals surface area contributed by atoms with Crippen molar-refractivity contribution in [3.8, 4) is 0 Å². The molecule has 0 aliphatic rings. The van der Waals surface area contributed by atoms with Gasteiger partial charge >= 0.3 is 5.97 Å². The van der Waals surface area contributed by atoms with Crippen LogP contribution >= 0.6 is 22.6 Å². The number of carboxylic acids is 1. The summed E-state index contributed by atoms with van der Waals surface area (Å²) in [5, 5.41) is 19.1. The Balaban J connectivity index is 4.22. The molecule has 12 heavy (non-hydrogen) atoms. The van der Waals surface area contributed by atoms with Gasteiger partial charge in [0.05, 0.1) is 0 Å². The lowest BCUT2D eigenvalue weighted by Gasteiger charge is -2.26. The summed E-state index contributed by atoms with van der Waals surface area (Å²) in [5.41, 5.74) is 0. The van der Waals surface area contributed by atoms with Gasteiger partial charge in [-0.25, -0.2) is 0 Å². The molecule has 0 aromatic rings. The topological polar surface area (TPSA) is 81.9 Å². The Morgan fingerprint density at radius 3 is 2.42 bits per heavy atom. The minimum absolute atomic E-state index is 0.176. The largest absolute Gasteiger partial charge is 0.633 e. The summed E-state index contributed by atoms with van der Waals surface area (Å²) >= 11 is 1.81. The van der Waals surface area contributed by atoms with E-state index in [1.54, 1.807) is 0 Å². The van der Waals surface area contributed by atoms with Gasteiger partial charge in [0.2, 0.25) is 0 Å². The third-order valence-electron chi connectivity index (χ3n) is 1.39. The highest BCUT2D eigenvalue weighted by atomic mass is 127. The van der Waals surface area contributed by atoms with E-state index in [9.17, 15) is 14.8 Å². The lowest BCUT2D eigenvalue weighted by Crippen LogP contribution is -3.11. The smallest absolute Gasteiger partial charge is 0.309 e. The number of ketones is 1. The number of hydroxylamine groups is 2. The number of carbonyl (C=O) groups excluding carboxylic acids is 1. The fourth-order valence-electron chi connectivity index (χ4n) is 0.752. The standard InChI is InChI=1S/C6H10INO4/c1-4(9)5(2-6(10)11)8(12)3-7/h5,8H,2-3H2,1H3,(H,10,11). The molecule has 0 radical (unpaired) electrons. The Bertz CT molecular complexity index is 184. The Morgan fingerprint density at radius 2 is 2.17 bits per heavy atom. The normalized spacial score (nSPS) is 15.2. The number of Topliss-reactive ketones (excluding diaryl/α,β-unsaturated/α-hetero) is 1. The number of rotatable bonds is 5. The predicted octanol–water partition coefficient (Wildman–Crippen LogP) is -0.806. The number of aliphatic carboxylic acids is 1. The molecule has 0 heterocycles. The number of quaternary nitrogens is 1. The lowest BCUT2D eigenvalue weighted by atomic mass is 10.1. The second-order valence-electron chi connectivity index (χ2n) is 2.36. The molecule has 2 N–H and O–H groups in total. The molecule has 0 amide bonds. The van der Waals surface area contributed by atoms with Gasteiger partial charge in [0.1, 0.15) is 11.0 Å². The fraction of sp³-hybridized carbons (Fsp3) is 0.667. The monoisotopic (exact) mass is 287 g/mol. The maximum absolute atomic E-state index is 11.0. The van der Waals surface area contributed by atoms with Crippen molar-refractivity contribution in [1.29, 1.82) is 0 Å². The third kappa shape index (κ3) is 3.98. The van der Waals surface area contributed by atoms with Gasteiger partial charge in [-0.15, -0.1) is 0 Å². The summed E-state index contributed by atoms with van der Waals surface area (Å²) in [6, 6.07) is -0.959. The first-order valence-electron chi connectivity index (χ1n) is 3.30. The van der Waals surface area contributed by atoms with Crippen LogP contribution in [0, 0.1) is 5.21 Å². The molecule has 0 bridgehead atoms.